The van der Waals surface area contributed by atoms with Crippen molar-refractivity contribution in [2.45, 2.75) is 37.0 Å². The summed E-state index contributed by atoms with van der Waals surface area (Å²) in [5, 5.41) is 0. The monoisotopic (exact) mass is 467 g/mol. The summed E-state index contributed by atoms with van der Waals surface area (Å²) >= 11 is 0. The van der Waals surface area contributed by atoms with Gasteiger partial charge in [-0.15, -0.1) is 0 Å². The van der Waals surface area contributed by atoms with E-state index in [9.17, 15) is 18.0 Å². The number of hydrogen-bond acceptors (Lipinski definition) is 5. The van der Waals surface area contributed by atoms with Gasteiger partial charge in [0.15, 0.2) is 5.78 Å². The summed E-state index contributed by atoms with van der Waals surface area (Å²) in [7, 11) is -3.52. The molecule has 1 amide bonds. The lowest BCUT2D eigenvalue weighted by molar-refractivity contribution is -0.117. The average molecular weight is 468 g/mol. The fraction of sp³-hybridized carbons (Fsp3) is 0.440. The zero-order valence-electron chi connectivity index (χ0n) is 18.7. The van der Waals surface area contributed by atoms with Gasteiger partial charge in [-0.25, -0.2) is 8.42 Å². The van der Waals surface area contributed by atoms with Crippen LogP contribution in [0.2, 0.25) is 0 Å². The molecule has 0 atom stereocenters. The molecular formula is C25H29N3O4S. The average Bonchev–Trinajstić information content (AvgIpc) is 3.47. The molecule has 0 aromatic heterocycles. The van der Waals surface area contributed by atoms with Gasteiger partial charge in [-0.3, -0.25) is 14.5 Å². The lowest BCUT2D eigenvalue weighted by Gasteiger charge is -2.33. The molecule has 1 aliphatic carbocycles. The summed E-state index contributed by atoms with van der Waals surface area (Å²) in [5.74, 6) is 0.131. The van der Waals surface area contributed by atoms with Crippen LogP contribution in [0.4, 0.5) is 5.69 Å². The second-order valence-electron chi connectivity index (χ2n) is 9.08. The highest BCUT2D eigenvalue weighted by atomic mass is 32.2. The maximum Gasteiger partial charge on any atom is 0.243 e. The number of nitrogens with zero attached hydrogens (tertiary/aromatic N) is 3. The van der Waals surface area contributed by atoms with Crippen LogP contribution in [-0.2, 0) is 27.7 Å². The first-order valence-corrected chi connectivity index (χ1v) is 13.1. The van der Waals surface area contributed by atoms with Crippen molar-refractivity contribution < 1.29 is 18.0 Å². The number of anilines is 1. The number of ketones is 1. The largest absolute Gasteiger partial charge is 0.312 e. The van der Waals surface area contributed by atoms with Crippen molar-refractivity contribution in [3.8, 4) is 0 Å². The molecule has 0 N–H and O–H groups in total. The maximum atomic E-state index is 13.1. The van der Waals surface area contributed by atoms with E-state index < -0.39 is 10.0 Å². The molecule has 0 saturated carbocycles. The highest BCUT2D eigenvalue weighted by Gasteiger charge is 2.30. The van der Waals surface area contributed by atoms with Gasteiger partial charge in [0.05, 0.1) is 11.4 Å². The number of sulfonamides is 1. The van der Waals surface area contributed by atoms with E-state index in [2.05, 4.69) is 0 Å². The minimum atomic E-state index is -3.52. The minimum Gasteiger partial charge on any atom is -0.312 e. The summed E-state index contributed by atoms with van der Waals surface area (Å²) < 4.78 is 27.8. The molecule has 2 fully saturated rings. The number of piperazine rings is 1. The Labute approximate surface area is 195 Å². The van der Waals surface area contributed by atoms with E-state index in [1.54, 1.807) is 23.1 Å². The van der Waals surface area contributed by atoms with E-state index >= 15 is 0 Å². The van der Waals surface area contributed by atoms with Crippen molar-refractivity contribution in [2.24, 2.45) is 0 Å². The minimum absolute atomic E-state index is 0.00391. The predicted molar refractivity (Wildman–Crippen MR) is 126 cm³/mol. The van der Waals surface area contributed by atoms with Crippen LogP contribution >= 0.6 is 0 Å². The Balaban J connectivity index is 1.17. The predicted octanol–water partition coefficient (Wildman–Crippen LogP) is 2.49. The van der Waals surface area contributed by atoms with Crippen molar-refractivity contribution in [3.05, 3.63) is 59.2 Å². The van der Waals surface area contributed by atoms with Crippen LogP contribution in [0.1, 0.15) is 40.7 Å². The van der Waals surface area contributed by atoms with Gasteiger partial charge in [0.1, 0.15) is 0 Å². The van der Waals surface area contributed by atoms with Gasteiger partial charge in [-0.2, -0.15) is 4.31 Å². The Hall–Kier alpha value is -2.55. The summed E-state index contributed by atoms with van der Waals surface area (Å²) in [6, 6.07) is 12.7. The molecule has 2 aromatic carbocycles. The molecule has 5 rings (SSSR count). The molecule has 3 aliphatic rings. The zero-order chi connectivity index (χ0) is 23.0. The van der Waals surface area contributed by atoms with E-state index in [1.165, 1.54) is 9.87 Å². The first-order chi connectivity index (χ1) is 15.9. The maximum absolute atomic E-state index is 13.1. The number of Topliss-reactive ketones (excluding diaryl/α,β-unsaturated/α-hetero) is 1. The Morgan fingerprint density at radius 3 is 2.24 bits per heavy atom. The molecule has 8 heteroatoms. The molecule has 0 spiro atoms. The summed E-state index contributed by atoms with van der Waals surface area (Å²) in [6.45, 7) is 2.79. The molecule has 174 valence electrons. The van der Waals surface area contributed by atoms with Crippen LogP contribution in [0.25, 0.3) is 0 Å². The van der Waals surface area contributed by atoms with E-state index in [0.29, 0.717) is 43.1 Å². The highest BCUT2D eigenvalue weighted by Crippen LogP contribution is 2.27. The van der Waals surface area contributed by atoms with Crippen molar-refractivity contribution in [1.29, 1.82) is 0 Å². The lowest BCUT2D eigenvalue weighted by Crippen LogP contribution is -2.49. The first-order valence-electron chi connectivity index (χ1n) is 11.7. The third-order valence-electron chi connectivity index (χ3n) is 6.98. The van der Waals surface area contributed by atoms with Gasteiger partial charge in [-0.1, -0.05) is 6.07 Å². The van der Waals surface area contributed by atoms with Crippen molar-refractivity contribution in [2.75, 3.05) is 44.2 Å². The van der Waals surface area contributed by atoms with Gasteiger partial charge >= 0.3 is 0 Å². The van der Waals surface area contributed by atoms with E-state index in [-0.39, 0.29) is 18.2 Å². The normalized spacial score (nSPS) is 19.8. The standard InChI is InChI=1S/C25H29N3O4S/c29-24(20-6-9-22(10-7-20)28-12-2-5-25(28)30)18-26-13-15-27(16-14-26)33(31,32)23-11-8-19-3-1-4-21(19)17-23/h6-11,17H,1-5,12-16,18H2. The molecule has 7 nitrogen and oxygen atoms in total. The molecule has 0 unspecified atom stereocenters. The molecule has 2 aromatic rings. The third kappa shape index (κ3) is 4.47. The fourth-order valence-corrected chi connectivity index (χ4v) is 6.50. The fourth-order valence-electron chi connectivity index (χ4n) is 5.03. The summed E-state index contributed by atoms with van der Waals surface area (Å²) in [5.41, 5.74) is 3.86. The summed E-state index contributed by atoms with van der Waals surface area (Å²) in [6.07, 6.45) is 4.51. The van der Waals surface area contributed by atoms with Gasteiger partial charge in [0.25, 0.3) is 0 Å². The highest BCUT2D eigenvalue weighted by molar-refractivity contribution is 7.89. The number of rotatable bonds is 6. The summed E-state index contributed by atoms with van der Waals surface area (Å²) in [4.78, 5) is 28.8. The number of hydrogen-bond donors (Lipinski definition) is 0. The lowest BCUT2D eigenvalue weighted by atomic mass is 10.1. The molecule has 33 heavy (non-hydrogen) atoms. The number of amides is 1. The number of aryl methyl sites for hydroxylation is 2. The van der Waals surface area contributed by atoms with E-state index in [1.807, 2.05) is 29.2 Å². The number of carbonyl (C=O) groups is 2. The number of fused-ring (bicyclic) bond motifs is 1. The van der Waals surface area contributed by atoms with Gasteiger partial charge in [0.2, 0.25) is 15.9 Å². The van der Waals surface area contributed by atoms with Crippen LogP contribution in [0.5, 0.6) is 0 Å². The third-order valence-corrected chi connectivity index (χ3v) is 8.88. The van der Waals surface area contributed by atoms with Crippen LogP contribution in [0.3, 0.4) is 0 Å². The Morgan fingerprint density at radius 2 is 1.55 bits per heavy atom. The Kier molecular flexibility index (Phi) is 6.07. The van der Waals surface area contributed by atoms with Crippen LogP contribution in [0.15, 0.2) is 47.4 Å². The topological polar surface area (TPSA) is 78.0 Å². The smallest absolute Gasteiger partial charge is 0.243 e. The van der Waals surface area contributed by atoms with Crippen LogP contribution in [-0.4, -0.2) is 68.6 Å². The van der Waals surface area contributed by atoms with Crippen LogP contribution < -0.4 is 4.90 Å². The second-order valence-corrected chi connectivity index (χ2v) is 11.0. The first kappa shape index (κ1) is 22.3. The van der Waals surface area contributed by atoms with Gasteiger partial charge in [-0.05, 0) is 73.2 Å². The Bertz CT molecular complexity index is 1170. The number of carbonyl (C=O) groups excluding carboxylic acids is 2. The quantitative estimate of drug-likeness (QED) is 0.610. The van der Waals surface area contributed by atoms with Crippen molar-refractivity contribution >= 4 is 27.4 Å². The van der Waals surface area contributed by atoms with Gasteiger partial charge in [0, 0.05) is 50.4 Å². The molecular weight excluding hydrogens is 438 g/mol. The molecule has 2 saturated heterocycles. The van der Waals surface area contributed by atoms with Crippen molar-refractivity contribution in [1.82, 2.24) is 9.21 Å². The SMILES string of the molecule is O=C(CN1CCN(S(=O)(=O)c2ccc3c(c2)CCC3)CC1)c1ccc(N2CCCC2=O)cc1. The molecule has 0 radical (unpaired) electrons. The van der Waals surface area contributed by atoms with Gasteiger partial charge < -0.3 is 4.90 Å². The van der Waals surface area contributed by atoms with Crippen LogP contribution in [0, 0.1) is 0 Å². The molecule has 2 heterocycles. The van der Waals surface area contributed by atoms with Crippen molar-refractivity contribution in [3.63, 3.8) is 0 Å². The zero-order valence-corrected chi connectivity index (χ0v) is 19.5. The Morgan fingerprint density at radius 1 is 0.818 bits per heavy atom. The van der Waals surface area contributed by atoms with E-state index in [4.69, 9.17) is 0 Å². The second kappa shape index (κ2) is 9.00. The molecule has 0 bridgehead atoms. The van der Waals surface area contributed by atoms with E-state index in [0.717, 1.165) is 43.5 Å². The number of benzene rings is 2. The molecule has 2 aliphatic heterocycles.